The van der Waals surface area contributed by atoms with E-state index in [0.717, 1.165) is 15.6 Å². The zero-order valence-electron chi connectivity index (χ0n) is 13.3. The van der Waals surface area contributed by atoms with Gasteiger partial charge in [-0.15, -0.1) is 0 Å². The van der Waals surface area contributed by atoms with Crippen molar-refractivity contribution in [2.75, 3.05) is 6.61 Å². The first-order chi connectivity index (χ1) is 12.1. The van der Waals surface area contributed by atoms with E-state index in [1.165, 1.54) is 0 Å². The van der Waals surface area contributed by atoms with Gasteiger partial charge in [0.1, 0.15) is 0 Å². The maximum absolute atomic E-state index is 12.1. The topological polar surface area (TPSA) is 43.4 Å². The maximum atomic E-state index is 12.1. The Labute approximate surface area is 154 Å². The van der Waals surface area contributed by atoms with E-state index in [-0.39, 0.29) is 12.4 Å². The quantitative estimate of drug-likeness (QED) is 0.443. The van der Waals surface area contributed by atoms with Crippen molar-refractivity contribution < 1.29 is 14.3 Å². The molecule has 0 fully saturated rings. The second-order valence-electron chi connectivity index (χ2n) is 5.45. The molecule has 4 heteroatoms. The lowest BCUT2D eigenvalue weighted by Crippen LogP contribution is -2.14. The van der Waals surface area contributed by atoms with Crippen molar-refractivity contribution >= 4 is 27.7 Å². The van der Waals surface area contributed by atoms with Gasteiger partial charge in [-0.3, -0.25) is 4.79 Å². The molecule has 3 nitrogen and oxygen atoms in total. The first-order valence-electron chi connectivity index (χ1n) is 7.75. The highest BCUT2D eigenvalue weighted by atomic mass is 79.9. The molecule has 3 rings (SSSR count). The van der Waals surface area contributed by atoms with E-state index in [1.807, 2.05) is 48.5 Å². The van der Waals surface area contributed by atoms with Gasteiger partial charge in [0.05, 0.1) is 5.56 Å². The molecule has 0 spiro atoms. The summed E-state index contributed by atoms with van der Waals surface area (Å²) in [6.07, 6.45) is 0. The summed E-state index contributed by atoms with van der Waals surface area (Å²) in [6, 6.07) is 24.0. The van der Waals surface area contributed by atoms with Crippen LogP contribution in [-0.2, 0) is 4.74 Å². The highest BCUT2D eigenvalue weighted by molar-refractivity contribution is 9.10. The third kappa shape index (κ3) is 4.43. The number of halogens is 1. The van der Waals surface area contributed by atoms with Crippen molar-refractivity contribution in [3.8, 4) is 11.1 Å². The summed E-state index contributed by atoms with van der Waals surface area (Å²) in [5.41, 5.74) is 3.01. The van der Waals surface area contributed by atoms with Crippen LogP contribution in [0.4, 0.5) is 0 Å². The molecule has 0 aliphatic heterocycles. The molecule has 124 valence electrons. The predicted octanol–water partition coefficient (Wildman–Crippen LogP) is 5.16. The average Bonchev–Trinajstić information content (AvgIpc) is 2.66. The van der Waals surface area contributed by atoms with Gasteiger partial charge in [-0.1, -0.05) is 70.5 Å². The number of carbonyl (C=O) groups is 2. The van der Waals surface area contributed by atoms with Crippen LogP contribution in [0.25, 0.3) is 11.1 Å². The number of hydrogen-bond donors (Lipinski definition) is 0. The fourth-order valence-corrected chi connectivity index (χ4v) is 2.79. The van der Waals surface area contributed by atoms with Gasteiger partial charge in [0.15, 0.2) is 12.4 Å². The fraction of sp³-hybridized carbons (Fsp3) is 0.0476. The van der Waals surface area contributed by atoms with E-state index >= 15 is 0 Å². The molecule has 25 heavy (non-hydrogen) atoms. The smallest absolute Gasteiger partial charge is 0.338 e. The summed E-state index contributed by atoms with van der Waals surface area (Å²) in [6.45, 7) is -0.282. The van der Waals surface area contributed by atoms with Crippen LogP contribution < -0.4 is 0 Å². The van der Waals surface area contributed by atoms with Crippen LogP contribution in [0.15, 0.2) is 83.3 Å². The Morgan fingerprint density at radius 2 is 1.44 bits per heavy atom. The minimum Gasteiger partial charge on any atom is -0.454 e. The number of rotatable bonds is 5. The molecular formula is C21H15BrO3. The number of esters is 1. The number of benzene rings is 3. The third-order valence-corrected chi connectivity index (χ3v) is 4.20. The number of hydrogen-bond acceptors (Lipinski definition) is 3. The van der Waals surface area contributed by atoms with Crippen molar-refractivity contribution in [3.05, 3.63) is 94.5 Å². The van der Waals surface area contributed by atoms with Crippen molar-refractivity contribution in [3.63, 3.8) is 0 Å². The second kappa shape index (κ2) is 7.90. The fourth-order valence-electron chi connectivity index (χ4n) is 2.39. The Morgan fingerprint density at radius 3 is 2.12 bits per heavy atom. The van der Waals surface area contributed by atoms with Crippen LogP contribution in [0.5, 0.6) is 0 Å². The van der Waals surface area contributed by atoms with Crippen molar-refractivity contribution in [2.45, 2.75) is 0 Å². The Balaban J connectivity index is 1.63. The predicted molar refractivity (Wildman–Crippen MR) is 101 cm³/mol. The van der Waals surface area contributed by atoms with Crippen molar-refractivity contribution in [1.82, 2.24) is 0 Å². The van der Waals surface area contributed by atoms with Crippen LogP contribution in [0.3, 0.4) is 0 Å². The van der Waals surface area contributed by atoms with Gasteiger partial charge >= 0.3 is 5.97 Å². The van der Waals surface area contributed by atoms with Gasteiger partial charge in [0.2, 0.25) is 0 Å². The molecule has 3 aromatic rings. The van der Waals surface area contributed by atoms with E-state index in [1.54, 1.807) is 30.3 Å². The summed E-state index contributed by atoms with van der Waals surface area (Å²) in [4.78, 5) is 24.2. The lowest BCUT2D eigenvalue weighted by Gasteiger charge is -2.06. The molecule has 0 radical (unpaired) electrons. The van der Waals surface area contributed by atoms with Gasteiger partial charge in [-0.25, -0.2) is 4.79 Å². The molecule has 0 saturated heterocycles. The molecule has 0 heterocycles. The zero-order valence-corrected chi connectivity index (χ0v) is 14.9. The van der Waals surface area contributed by atoms with Crippen LogP contribution in [0.2, 0.25) is 0 Å². The zero-order chi connectivity index (χ0) is 17.6. The minimum atomic E-state index is -0.511. The summed E-state index contributed by atoms with van der Waals surface area (Å²) in [5, 5.41) is 0. The standard InChI is InChI=1S/C21H15BrO3/c22-19-8-4-7-18(13-19)20(23)14-25-21(24)17-11-9-16(10-12-17)15-5-2-1-3-6-15/h1-13H,14H2. The summed E-state index contributed by atoms with van der Waals surface area (Å²) >= 11 is 3.31. The normalized spacial score (nSPS) is 10.3. The largest absolute Gasteiger partial charge is 0.454 e. The first-order valence-corrected chi connectivity index (χ1v) is 8.54. The van der Waals surface area contributed by atoms with E-state index in [0.29, 0.717) is 11.1 Å². The number of ether oxygens (including phenoxy) is 1. The molecule has 0 aromatic heterocycles. The maximum Gasteiger partial charge on any atom is 0.338 e. The Hall–Kier alpha value is -2.72. The van der Waals surface area contributed by atoms with Gasteiger partial charge in [-0.05, 0) is 35.4 Å². The Bertz CT molecular complexity index is 887. The van der Waals surface area contributed by atoms with Crippen molar-refractivity contribution in [2.24, 2.45) is 0 Å². The van der Waals surface area contributed by atoms with E-state index in [9.17, 15) is 9.59 Å². The first kappa shape index (κ1) is 17.1. The molecule has 0 N–H and O–H groups in total. The highest BCUT2D eigenvalue weighted by Gasteiger charge is 2.12. The SMILES string of the molecule is O=C(COC(=O)c1ccc(-c2ccccc2)cc1)c1cccc(Br)c1. The monoisotopic (exact) mass is 394 g/mol. The molecule has 0 bridgehead atoms. The van der Waals surface area contributed by atoms with E-state index in [4.69, 9.17) is 4.74 Å². The highest BCUT2D eigenvalue weighted by Crippen LogP contribution is 2.19. The molecule has 0 aliphatic carbocycles. The Morgan fingerprint density at radius 1 is 0.760 bits per heavy atom. The molecule has 0 atom stereocenters. The van der Waals surface area contributed by atoms with E-state index in [2.05, 4.69) is 15.9 Å². The lowest BCUT2D eigenvalue weighted by atomic mass is 10.0. The number of Topliss-reactive ketones (excluding diaryl/α,β-unsaturated/α-hetero) is 1. The molecule has 0 aliphatic rings. The summed E-state index contributed by atoms with van der Waals surface area (Å²) in [7, 11) is 0. The third-order valence-electron chi connectivity index (χ3n) is 3.71. The number of carbonyl (C=O) groups excluding carboxylic acids is 2. The van der Waals surface area contributed by atoms with Crippen molar-refractivity contribution in [1.29, 1.82) is 0 Å². The van der Waals surface area contributed by atoms with Gasteiger partial charge < -0.3 is 4.74 Å². The molecule has 0 saturated carbocycles. The van der Waals surface area contributed by atoms with Gasteiger partial charge in [0, 0.05) is 10.0 Å². The molecule has 0 unspecified atom stereocenters. The molecule has 3 aromatic carbocycles. The van der Waals surface area contributed by atoms with Crippen LogP contribution in [-0.4, -0.2) is 18.4 Å². The summed E-state index contributed by atoms with van der Waals surface area (Å²) in [5.74, 6) is -0.751. The number of ketones is 1. The molecule has 0 amide bonds. The van der Waals surface area contributed by atoms with Crippen LogP contribution in [0, 0.1) is 0 Å². The Kier molecular flexibility index (Phi) is 5.41. The van der Waals surface area contributed by atoms with Gasteiger partial charge in [-0.2, -0.15) is 0 Å². The molecular weight excluding hydrogens is 380 g/mol. The lowest BCUT2D eigenvalue weighted by molar-refractivity contribution is 0.0475. The van der Waals surface area contributed by atoms with E-state index < -0.39 is 5.97 Å². The average molecular weight is 395 g/mol. The second-order valence-corrected chi connectivity index (χ2v) is 6.37. The minimum absolute atomic E-state index is 0.240. The van der Waals surface area contributed by atoms with Gasteiger partial charge in [0.25, 0.3) is 0 Å². The summed E-state index contributed by atoms with van der Waals surface area (Å²) < 4.78 is 5.93. The van der Waals surface area contributed by atoms with Crippen LogP contribution in [0.1, 0.15) is 20.7 Å². The van der Waals surface area contributed by atoms with Crippen LogP contribution >= 0.6 is 15.9 Å².